The fourth-order valence-electron chi connectivity index (χ4n) is 3.49. The van der Waals surface area contributed by atoms with Crippen molar-refractivity contribution in [2.75, 3.05) is 13.1 Å². The molecule has 1 aliphatic heterocycles. The van der Waals surface area contributed by atoms with Crippen LogP contribution >= 0.6 is 0 Å². The average molecular weight is 287 g/mol. The van der Waals surface area contributed by atoms with Gasteiger partial charge in [-0.3, -0.25) is 0 Å². The highest BCUT2D eigenvalue weighted by atomic mass is 15.1. The first-order valence-electron chi connectivity index (χ1n) is 8.91. The Kier molecular flexibility index (Phi) is 6.29. The summed E-state index contributed by atoms with van der Waals surface area (Å²) < 4.78 is 0. The normalized spacial score (nSPS) is 18.0. The third kappa shape index (κ3) is 5.14. The van der Waals surface area contributed by atoms with E-state index in [9.17, 15) is 0 Å². The van der Waals surface area contributed by atoms with Crippen molar-refractivity contribution in [2.45, 2.75) is 72.3 Å². The fraction of sp³-hybridized carbons (Fsp3) is 0.700. The molecule has 0 radical (unpaired) electrons. The molecule has 0 saturated heterocycles. The zero-order valence-corrected chi connectivity index (χ0v) is 14.5. The standard InChI is InChI=1S/C20H33N/c1-16(2)14-18-10-11-19-9-7-13-21(17(3)4)12-6-5-8-20(19)15-18/h10-11,15-17H,5-9,12-14H2,1-4H3. The highest BCUT2D eigenvalue weighted by Gasteiger charge is 2.12. The molecule has 1 aliphatic rings. The predicted octanol–water partition coefficient (Wildman–Crippen LogP) is 4.86. The van der Waals surface area contributed by atoms with Gasteiger partial charge in [0, 0.05) is 6.04 Å². The number of nitrogens with zero attached hydrogens (tertiary/aromatic N) is 1. The first-order valence-corrected chi connectivity index (χ1v) is 8.91. The topological polar surface area (TPSA) is 3.24 Å². The Morgan fingerprint density at radius 1 is 0.905 bits per heavy atom. The smallest absolute Gasteiger partial charge is 0.00385 e. The van der Waals surface area contributed by atoms with Gasteiger partial charge in [-0.25, -0.2) is 0 Å². The quantitative estimate of drug-likeness (QED) is 0.767. The van der Waals surface area contributed by atoms with Gasteiger partial charge in [0.25, 0.3) is 0 Å². The van der Waals surface area contributed by atoms with E-state index in [0.717, 1.165) is 5.92 Å². The summed E-state index contributed by atoms with van der Waals surface area (Å²) in [5.41, 5.74) is 4.77. The fourth-order valence-corrected chi connectivity index (χ4v) is 3.49. The van der Waals surface area contributed by atoms with Crippen molar-refractivity contribution < 1.29 is 0 Å². The molecule has 0 spiro atoms. The lowest BCUT2D eigenvalue weighted by Gasteiger charge is -2.27. The van der Waals surface area contributed by atoms with Crippen LogP contribution in [0.15, 0.2) is 18.2 Å². The second-order valence-corrected chi connectivity index (χ2v) is 7.39. The molecule has 21 heavy (non-hydrogen) atoms. The maximum absolute atomic E-state index is 2.65. The minimum absolute atomic E-state index is 0.692. The van der Waals surface area contributed by atoms with Gasteiger partial charge in [0.05, 0.1) is 0 Å². The monoisotopic (exact) mass is 287 g/mol. The van der Waals surface area contributed by atoms with Crippen LogP contribution in [-0.2, 0) is 19.3 Å². The Labute approximate surface area is 131 Å². The molecule has 1 heterocycles. The largest absolute Gasteiger partial charge is 0.301 e. The third-order valence-corrected chi connectivity index (χ3v) is 4.68. The minimum Gasteiger partial charge on any atom is -0.301 e. The summed E-state index contributed by atoms with van der Waals surface area (Å²) in [6.45, 7) is 11.8. The summed E-state index contributed by atoms with van der Waals surface area (Å²) in [6.07, 6.45) is 7.71. The molecule has 0 saturated carbocycles. The molecule has 0 amide bonds. The number of hydrogen-bond acceptors (Lipinski definition) is 1. The minimum atomic E-state index is 0.692. The molecule has 1 aromatic carbocycles. The van der Waals surface area contributed by atoms with Crippen LogP contribution in [0.2, 0.25) is 0 Å². The van der Waals surface area contributed by atoms with Crippen LogP contribution in [-0.4, -0.2) is 24.0 Å². The third-order valence-electron chi connectivity index (χ3n) is 4.68. The van der Waals surface area contributed by atoms with E-state index in [2.05, 4.69) is 50.8 Å². The maximum atomic E-state index is 2.65. The van der Waals surface area contributed by atoms with Crippen LogP contribution in [0.4, 0.5) is 0 Å². The van der Waals surface area contributed by atoms with Gasteiger partial charge >= 0.3 is 0 Å². The summed E-state index contributed by atoms with van der Waals surface area (Å²) >= 11 is 0. The zero-order valence-electron chi connectivity index (χ0n) is 14.5. The summed E-state index contributed by atoms with van der Waals surface area (Å²) in [6, 6.07) is 7.97. The molecule has 0 aliphatic carbocycles. The molecule has 0 N–H and O–H groups in total. The van der Waals surface area contributed by atoms with Gasteiger partial charge in [-0.2, -0.15) is 0 Å². The average Bonchev–Trinajstić information content (AvgIpc) is 2.43. The maximum Gasteiger partial charge on any atom is 0.00385 e. The number of benzene rings is 1. The molecule has 0 bridgehead atoms. The molecule has 0 fully saturated rings. The van der Waals surface area contributed by atoms with Crippen LogP contribution in [0.25, 0.3) is 0 Å². The van der Waals surface area contributed by atoms with E-state index < -0.39 is 0 Å². The zero-order chi connectivity index (χ0) is 15.2. The summed E-state index contributed by atoms with van der Waals surface area (Å²) in [5, 5.41) is 0. The first kappa shape index (κ1) is 16.5. The lowest BCUT2D eigenvalue weighted by molar-refractivity contribution is 0.214. The Hall–Kier alpha value is -0.820. The van der Waals surface area contributed by atoms with Crippen LogP contribution < -0.4 is 0 Å². The molecule has 0 atom stereocenters. The van der Waals surface area contributed by atoms with Crippen molar-refractivity contribution in [1.82, 2.24) is 4.90 Å². The molecular weight excluding hydrogens is 254 g/mol. The number of hydrogen-bond donors (Lipinski definition) is 0. The highest BCUT2D eigenvalue weighted by Crippen LogP contribution is 2.20. The SMILES string of the molecule is CC(C)Cc1ccc2c(c1)CCCCN(C(C)C)CCC2. The molecule has 1 aromatic rings. The Balaban J connectivity index is 2.08. The van der Waals surface area contributed by atoms with Gasteiger partial charge in [-0.1, -0.05) is 32.0 Å². The second kappa shape index (κ2) is 7.98. The highest BCUT2D eigenvalue weighted by molar-refractivity contribution is 5.33. The molecular formula is C20H33N. The van der Waals surface area contributed by atoms with E-state index in [-0.39, 0.29) is 0 Å². The van der Waals surface area contributed by atoms with Crippen molar-refractivity contribution in [3.63, 3.8) is 0 Å². The van der Waals surface area contributed by atoms with Crippen molar-refractivity contribution in [2.24, 2.45) is 5.92 Å². The molecule has 118 valence electrons. The van der Waals surface area contributed by atoms with Crippen molar-refractivity contribution in [3.8, 4) is 0 Å². The Morgan fingerprint density at radius 2 is 1.62 bits per heavy atom. The van der Waals surface area contributed by atoms with E-state index in [1.165, 1.54) is 57.2 Å². The summed E-state index contributed by atoms with van der Waals surface area (Å²) in [5.74, 6) is 0.752. The number of aryl methyl sites for hydroxylation is 2. The number of fused-ring (bicyclic) bond motifs is 1. The van der Waals surface area contributed by atoms with Crippen LogP contribution in [0.5, 0.6) is 0 Å². The van der Waals surface area contributed by atoms with E-state index in [0.29, 0.717) is 6.04 Å². The molecule has 1 heteroatoms. The first-order chi connectivity index (χ1) is 10.1. The van der Waals surface area contributed by atoms with Gasteiger partial charge in [0.2, 0.25) is 0 Å². The van der Waals surface area contributed by atoms with E-state index >= 15 is 0 Å². The van der Waals surface area contributed by atoms with Gasteiger partial charge < -0.3 is 4.90 Å². The molecule has 2 rings (SSSR count). The molecule has 0 unspecified atom stereocenters. The van der Waals surface area contributed by atoms with Gasteiger partial charge in [0.15, 0.2) is 0 Å². The lowest BCUT2D eigenvalue weighted by atomic mass is 9.92. The Bertz CT molecular complexity index is 433. The van der Waals surface area contributed by atoms with Crippen molar-refractivity contribution in [3.05, 3.63) is 34.9 Å². The summed E-state index contributed by atoms with van der Waals surface area (Å²) in [4.78, 5) is 2.65. The van der Waals surface area contributed by atoms with E-state index in [4.69, 9.17) is 0 Å². The molecule has 0 aromatic heterocycles. The van der Waals surface area contributed by atoms with Crippen LogP contribution in [0.3, 0.4) is 0 Å². The van der Waals surface area contributed by atoms with Gasteiger partial charge in [0.1, 0.15) is 0 Å². The summed E-state index contributed by atoms with van der Waals surface area (Å²) in [7, 11) is 0. The lowest BCUT2D eigenvalue weighted by Crippen LogP contribution is -2.33. The van der Waals surface area contributed by atoms with Gasteiger partial charge in [-0.15, -0.1) is 0 Å². The number of rotatable bonds is 3. The van der Waals surface area contributed by atoms with Crippen molar-refractivity contribution >= 4 is 0 Å². The predicted molar refractivity (Wildman–Crippen MR) is 93.0 cm³/mol. The van der Waals surface area contributed by atoms with Crippen LogP contribution in [0.1, 0.15) is 63.6 Å². The molecule has 1 nitrogen and oxygen atoms in total. The van der Waals surface area contributed by atoms with Crippen LogP contribution in [0, 0.1) is 5.92 Å². The second-order valence-electron chi connectivity index (χ2n) is 7.39. The van der Waals surface area contributed by atoms with Gasteiger partial charge in [-0.05, 0) is 88.1 Å². The van der Waals surface area contributed by atoms with Crippen molar-refractivity contribution in [1.29, 1.82) is 0 Å². The van der Waals surface area contributed by atoms with E-state index in [1.54, 1.807) is 11.1 Å². The van der Waals surface area contributed by atoms with E-state index in [1.807, 2.05) is 0 Å². The Morgan fingerprint density at radius 3 is 2.33 bits per heavy atom.